The van der Waals surface area contributed by atoms with Gasteiger partial charge in [0, 0.05) is 55.2 Å². The van der Waals surface area contributed by atoms with Crippen LogP contribution in [0.25, 0.3) is 0 Å². The average molecular weight is 569 g/mol. The van der Waals surface area contributed by atoms with E-state index >= 15 is 0 Å². The number of halogens is 2. The molecule has 7 nitrogen and oxygen atoms in total. The van der Waals surface area contributed by atoms with Gasteiger partial charge >= 0.3 is 0 Å². The third-order valence-electron chi connectivity index (χ3n) is 7.08. The van der Waals surface area contributed by atoms with Gasteiger partial charge < -0.3 is 20.0 Å². The first kappa shape index (κ1) is 28.5. The van der Waals surface area contributed by atoms with Gasteiger partial charge in [0.15, 0.2) is 0 Å². The zero-order valence-electron chi connectivity index (χ0n) is 22.9. The van der Waals surface area contributed by atoms with Crippen LogP contribution in [0.15, 0.2) is 103 Å². The molecule has 0 unspecified atom stereocenters. The monoisotopic (exact) mass is 568 g/mol. The summed E-state index contributed by atoms with van der Waals surface area (Å²) in [7, 11) is 0. The fourth-order valence-corrected chi connectivity index (χ4v) is 4.87. The molecule has 1 heterocycles. The van der Waals surface area contributed by atoms with E-state index in [0.717, 1.165) is 5.69 Å². The molecular formula is C33H30F2N4O3. The maximum Gasteiger partial charge on any atom is 0.254 e. The molecule has 0 bridgehead atoms. The molecule has 9 heteroatoms. The summed E-state index contributed by atoms with van der Waals surface area (Å²) >= 11 is 0. The summed E-state index contributed by atoms with van der Waals surface area (Å²) in [5.74, 6) is -1.67. The number of carbonyl (C=O) groups is 3. The molecule has 4 aromatic carbocycles. The SMILES string of the molecule is O=C(CN(Cc1ccc(F)cc1)C(=O)c1ccccc1)Nc1ccc(N2CCN(C(=O)c3cccc(F)c3)CC2)cc1. The van der Waals surface area contributed by atoms with E-state index in [1.165, 1.54) is 35.2 Å². The molecule has 0 saturated carbocycles. The molecule has 1 aliphatic heterocycles. The quantitative estimate of drug-likeness (QED) is 0.317. The van der Waals surface area contributed by atoms with Crippen LogP contribution in [0.2, 0.25) is 0 Å². The zero-order chi connectivity index (χ0) is 29.5. The predicted octanol–water partition coefficient (Wildman–Crippen LogP) is 5.21. The molecule has 5 rings (SSSR count). The van der Waals surface area contributed by atoms with Crippen LogP contribution < -0.4 is 10.2 Å². The molecule has 3 amide bonds. The number of amides is 3. The van der Waals surface area contributed by atoms with E-state index in [2.05, 4.69) is 10.2 Å². The van der Waals surface area contributed by atoms with Crippen molar-refractivity contribution in [3.8, 4) is 0 Å². The second kappa shape index (κ2) is 13.1. The maximum atomic E-state index is 13.5. The van der Waals surface area contributed by atoms with E-state index in [9.17, 15) is 23.2 Å². The minimum absolute atomic E-state index is 0.147. The Morgan fingerprint density at radius 2 is 1.38 bits per heavy atom. The van der Waals surface area contributed by atoms with Gasteiger partial charge in [0.25, 0.3) is 11.8 Å². The van der Waals surface area contributed by atoms with E-state index in [1.54, 1.807) is 59.5 Å². The second-order valence-electron chi connectivity index (χ2n) is 10.0. The zero-order valence-corrected chi connectivity index (χ0v) is 22.9. The Kier molecular flexibility index (Phi) is 8.87. The second-order valence-corrected chi connectivity index (χ2v) is 10.0. The number of nitrogens with zero attached hydrogens (tertiary/aromatic N) is 3. The first-order valence-corrected chi connectivity index (χ1v) is 13.6. The van der Waals surface area contributed by atoms with Gasteiger partial charge in [-0.25, -0.2) is 8.78 Å². The Morgan fingerprint density at radius 1 is 0.714 bits per heavy atom. The number of nitrogens with one attached hydrogen (secondary N) is 1. The number of hydrogen-bond donors (Lipinski definition) is 1. The van der Waals surface area contributed by atoms with Gasteiger partial charge in [-0.1, -0.05) is 36.4 Å². The molecule has 1 N–H and O–H groups in total. The fraction of sp³-hybridized carbons (Fsp3) is 0.182. The number of benzene rings is 4. The smallest absolute Gasteiger partial charge is 0.254 e. The van der Waals surface area contributed by atoms with Crippen LogP contribution in [-0.4, -0.2) is 60.2 Å². The lowest BCUT2D eigenvalue weighted by molar-refractivity contribution is -0.117. The summed E-state index contributed by atoms with van der Waals surface area (Å²) in [6.45, 7) is 2.21. The van der Waals surface area contributed by atoms with Crippen molar-refractivity contribution in [3.05, 3.63) is 131 Å². The maximum absolute atomic E-state index is 13.5. The predicted molar refractivity (Wildman–Crippen MR) is 157 cm³/mol. The minimum Gasteiger partial charge on any atom is -0.368 e. The lowest BCUT2D eigenvalue weighted by Gasteiger charge is -2.36. The van der Waals surface area contributed by atoms with Crippen LogP contribution >= 0.6 is 0 Å². The molecule has 214 valence electrons. The summed E-state index contributed by atoms with van der Waals surface area (Å²) in [5.41, 5.74) is 3.02. The van der Waals surface area contributed by atoms with Crippen LogP contribution in [0.4, 0.5) is 20.2 Å². The van der Waals surface area contributed by atoms with Gasteiger partial charge in [0.2, 0.25) is 5.91 Å². The van der Waals surface area contributed by atoms with Crippen molar-refractivity contribution >= 4 is 29.1 Å². The van der Waals surface area contributed by atoms with Gasteiger partial charge in [-0.3, -0.25) is 14.4 Å². The van der Waals surface area contributed by atoms with Crippen molar-refractivity contribution in [2.75, 3.05) is 42.9 Å². The van der Waals surface area contributed by atoms with Crippen molar-refractivity contribution < 1.29 is 23.2 Å². The lowest BCUT2D eigenvalue weighted by atomic mass is 10.1. The number of carbonyl (C=O) groups excluding carboxylic acids is 3. The Balaban J connectivity index is 1.18. The van der Waals surface area contributed by atoms with E-state index < -0.39 is 5.82 Å². The topological polar surface area (TPSA) is 73.0 Å². The van der Waals surface area contributed by atoms with Gasteiger partial charge in [0.1, 0.15) is 18.2 Å². The van der Waals surface area contributed by atoms with Crippen molar-refractivity contribution in [1.82, 2.24) is 9.80 Å². The molecule has 0 spiro atoms. The van der Waals surface area contributed by atoms with Crippen LogP contribution in [0.1, 0.15) is 26.3 Å². The first-order chi connectivity index (χ1) is 20.4. The number of hydrogen-bond acceptors (Lipinski definition) is 4. The van der Waals surface area contributed by atoms with Crippen molar-refractivity contribution in [2.45, 2.75) is 6.54 Å². The summed E-state index contributed by atoms with van der Waals surface area (Å²) in [4.78, 5) is 44.2. The highest BCUT2D eigenvalue weighted by Crippen LogP contribution is 2.21. The largest absolute Gasteiger partial charge is 0.368 e. The van der Waals surface area contributed by atoms with Crippen molar-refractivity contribution in [3.63, 3.8) is 0 Å². The van der Waals surface area contributed by atoms with E-state index in [-0.39, 0.29) is 36.6 Å². The normalized spacial score (nSPS) is 13.0. The minimum atomic E-state index is -0.435. The molecule has 0 atom stereocenters. The highest BCUT2D eigenvalue weighted by atomic mass is 19.1. The Hall–Kier alpha value is -5.05. The van der Waals surface area contributed by atoms with Gasteiger partial charge in [-0.2, -0.15) is 0 Å². The third-order valence-corrected chi connectivity index (χ3v) is 7.08. The average Bonchev–Trinajstić information content (AvgIpc) is 3.02. The molecule has 1 saturated heterocycles. The van der Waals surface area contributed by atoms with Crippen molar-refractivity contribution in [1.29, 1.82) is 0 Å². The molecular weight excluding hydrogens is 538 g/mol. The third kappa shape index (κ3) is 7.17. The van der Waals surface area contributed by atoms with Crippen LogP contribution in [0.5, 0.6) is 0 Å². The number of piperazine rings is 1. The van der Waals surface area contributed by atoms with Crippen LogP contribution in [0, 0.1) is 11.6 Å². The summed E-state index contributed by atoms with van der Waals surface area (Å²) in [6.07, 6.45) is 0. The van der Waals surface area contributed by atoms with Gasteiger partial charge in [-0.15, -0.1) is 0 Å². The van der Waals surface area contributed by atoms with Crippen molar-refractivity contribution in [2.24, 2.45) is 0 Å². The lowest BCUT2D eigenvalue weighted by Crippen LogP contribution is -2.48. The Morgan fingerprint density at radius 3 is 2.05 bits per heavy atom. The summed E-state index contributed by atoms with van der Waals surface area (Å²) in [5, 5.41) is 2.85. The van der Waals surface area contributed by atoms with Gasteiger partial charge in [-0.05, 0) is 72.3 Å². The molecule has 1 fully saturated rings. The number of rotatable bonds is 8. The van der Waals surface area contributed by atoms with E-state index in [0.29, 0.717) is 48.6 Å². The standard InChI is InChI=1S/C33H30F2N4O3/c34-27-11-9-24(10-12-27)22-39(32(41)25-5-2-1-3-6-25)23-31(40)36-29-13-15-30(16-14-29)37-17-19-38(20-18-37)33(42)26-7-4-8-28(35)21-26/h1-16,21H,17-20,22-23H2,(H,36,40). The fourth-order valence-electron chi connectivity index (χ4n) is 4.87. The van der Waals surface area contributed by atoms with Gasteiger partial charge in [0.05, 0.1) is 0 Å². The summed E-state index contributed by atoms with van der Waals surface area (Å²) < 4.78 is 26.9. The highest BCUT2D eigenvalue weighted by molar-refractivity contribution is 5.99. The number of anilines is 2. The molecule has 0 aromatic heterocycles. The molecule has 0 aliphatic carbocycles. The Labute approximate surface area is 243 Å². The molecule has 42 heavy (non-hydrogen) atoms. The summed E-state index contributed by atoms with van der Waals surface area (Å²) in [6, 6.07) is 27.6. The van der Waals surface area contributed by atoms with E-state index in [4.69, 9.17) is 0 Å². The molecule has 4 aromatic rings. The van der Waals surface area contributed by atoms with E-state index in [1.807, 2.05) is 18.2 Å². The highest BCUT2D eigenvalue weighted by Gasteiger charge is 2.23. The first-order valence-electron chi connectivity index (χ1n) is 13.6. The Bertz CT molecular complexity index is 1540. The molecule has 1 aliphatic rings. The molecule has 0 radical (unpaired) electrons. The van der Waals surface area contributed by atoms with Crippen LogP contribution in [-0.2, 0) is 11.3 Å². The van der Waals surface area contributed by atoms with Crippen LogP contribution in [0.3, 0.4) is 0 Å².